The van der Waals surface area contributed by atoms with Gasteiger partial charge in [-0.3, -0.25) is 0 Å². The van der Waals surface area contributed by atoms with Gasteiger partial charge in [0, 0.05) is 11.9 Å². The molecule has 76 valence electrons. The second kappa shape index (κ2) is 3.74. The zero-order valence-electron chi connectivity index (χ0n) is 8.44. The summed E-state index contributed by atoms with van der Waals surface area (Å²) in [5, 5.41) is 2.07. The van der Waals surface area contributed by atoms with Gasteiger partial charge < -0.3 is 0 Å². The van der Waals surface area contributed by atoms with Gasteiger partial charge in [-0.25, -0.2) is 9.97 Å². The van der Waals surface area contributed by atoms with Crippen LogP contribution in [0.25, 0.3) is 10.7 Å². The molecule has 3 heteroatoms. The predicted molar refractivity (Wildman–Crippen MR) is 62.0 cm³/mol. The lowest BCUT2D eigenvalue weighted by Crippen LogP contribution is -2.06. The zero-order valence-corrected chi connectivity index (χ0v) is 9.26. The zero-order chi connectivity index (χ0) is 10.1. The molecule has 0 spiro atoms. The molecule has 0 aromatic carbocycles. The van der Waals surface area contributed by atoms with Gasteiger partial charge in [0.05, 0.1) is 4.88 Å². The van der Waals surface area contributed by atoms with Crippen LogP contribution in [0.1, 0.15) is 24.1 Å². The van der Waals surface area contributed by atoms with E-state index in [-0.39, 0.29) is 0 Å². The van der Waals surface area contributed by atoms with Crippen LogP contribution < -0.4 is 0 Å². The van der Waals surface area contributed by atoms with Crippen molar-refractivity contribution in [1.29, 1.82) is 0 Å². The van der Waals surface area contributed by atoms with Gasteiger partial charge in [-0.05, 0) is 42.7 Å². The monoisotopic (exact) mass is 216 g/mol. The molecule has 1 aliphatic rings. The number of thiophene rings is 1. The summed E-state index contributed by atoms with van der Waals surface area (Å²) in [6, 6.07) is 4.12. The van der Waals surface area contributed by atoms with Gasteiger partial charge in [0.2, 0.25) is 0 Å². The third kappa shape index (κ3) is 1.67. The normalized spacial score (nSPS) is 14.9. The van der Waals surface area contributed by atoms with E-state index in [1.165, 1.54) is 29.0 Å². The Morgan fingerprint density at radius 2 is 2.13 bits per heavy atom. The molecule has 2 aromatic heterocycles. The van der Waals surface area contributed by atoms with Crippen LogP contribution in [0.15, 0.2) is 23.7 Å². The number of fused-ring (bicyclic) bond motifs is 1. The summed E-state index contributed by atoms with van der Waals surface area (Å²) in [5.41, 5.74) is 2.61. The molecule has 15 heavy (non-hydrogen) atoms. The molecule has 2 nitrogen and oxygen atoms in total. The summed E-state index contributed by atoms with van der Waals surface area (Å²) in [4.78, 5) is 10.3. The molecule has 0 unspecified atom stereocenters. The van der Waals surface area contributed by atoms with Gasteiger partial charge in [-0.2, -0.15) is 0 Å². The van der Waals surface area contributed by atoms with Crippen molar-refractivity contribution in [3.8, 4) is 10.7 Å². The fraction of sp³-hybridized carbons (Fsp3) is 0.333. The molecule has 0 atom stereocenters. The van der Waals surface area contributed by atoms with E-state index in [9.17, 15) is 0 Å². The lowest BCUT2D eigenvalue weighted by atomic mass is 9.97. The summed E-state index contributed by atoms with van der Waals surface area (Å²) in [6.07, 6.45) is 6.84. The van der Waals surface area contributed by atoms with Crippen LogP contribution in [0, 0.1) is 0 Å². The highest BCUT2D eigenvalue weighted by Crippen LogP contribution is 2.24. The van der Waals surface area contributed by atoms with E-state index in [4.69, 9.17) is 0 Å². The van der Waals surface area contributed by atoms with Crippen molar-refractivity contribution in [2.24, 2.45) is 0 Å². The highest BCUT2D eigenvalue weighted by Gasteiger charge is 2.12. The quantitative estimate of drug-likeness (QED) is 0.732. The van der Waals surface area contributed by atoms with Crippen LogP contribution in [-0.4, -0.2) is 9.97 Å². The van der Waals surface area contributed by atoms with E-state index in [2.05, 4.69) is 21.4 Å². The Balaban J connectivity index is 2.04. The van der Waals surface area contributed by atoms with Crippen molar-refractivity contribution in [1.82, 2.24) is 9.97 Å². The second-order valence-corrected chi connectivity index (χ2v) is 4.80. The third-order valence-corrected chi connectivity index (χ3v) is 3.67. The summed E-state index contributed by atoms with van der Waals surface area (Å²) in [5.74, 6) is 0.894. The van der Waals surface area contributed by atoms with E-state index in [1.54, 1.807) is 11.3 Å². The topological polar surface area (TPSA) is 25.8 Å². The molecule has 0 saturated heterocycles. The SMILES string of the molecule is c1csc(-c2ncc3c(n2)CCCC3)c1. The molecule has 2 heterocycles. The molecule has 0 N–H and O–H groups in total. The number of hydrogen-bond acceptors (Lipinski definition) is 3. The number of nitrogens with zero attached hydrogens (tertiary/aromatic N) is 2. The molecule has 3 rings (SSSR count). The largest absolute Gasteiger partial charge is 0.236 e. The first-order valence-electron chi connectivity index (χ1n) is 5.32. The van der Waals surface area contributed by atoms with E-state index in [0.29, 0.717) is 0 Å². The Morgan fingerprint density at radius 3 is 3.00 bits per heavy atom. The minimum absolute atomic E-state index is 0.894. The molecule has 2 aromatic rings. The molecule has 0 amide bonds. The Bertz CT molecular complexity index is 462. The van der Waals surface area contributed by atoms with Crippen molar-refractivity contribution in [2.45, 2.75) is 25.7 Å². The molecule has 0 aliphatic heterocycles. The lowest BCUT2D eigenvalue weighted by Gasteiger charge is -2.14. The molecule has 0 fully saturated rings. The minimum Gasteiger partial charge on any atom is -0.236 e. The molecule has 0 bridgehead atoms. The van der Waals surface area contributed by atoms with Crippen LogP contribution in [0.4, 0.5) is 0 Å². The first-order chi connectivity index (χ1) is 7.43. The van der Waals surface area contributed by atoms with Crippen molar-refractivity contribution in [2.75, 3.05) is 0 Å². The van der Waals surface area contributed by atoms with Gasteiger partial charge >= 0.3 is 0 Å². The van der Waals surface area contributed by atoms with Crippen molar-refractivity contribution >= 4 is 11.3 Å². The third-order valence-electron chi connectivity index (χ3n) is 2.81. The Labute approximate surface area is 93.0 Å². The lowest BCUT2D eigenvalue weighted by molar-refractivity contribution is 0.663. The Kier molecular flexibility index (Phi) is 2.25. The van der Waals surface area contributed by atoms with Crippen LogP contribution in [0.5, 0.6) is 0 Å². The first-order valence-corrected chi connectivity index (χ1v) is 6.20. The summed E-state index contributed by atoms with van der Waals surface area (Å²) in [7, 11) is 0. The number of aryl methyl sites for hydroxylation is 2. The molecule has 0 radical (unpaired) electrons. The average Bonchev–Trinajstić information content (AvgIpc) is 2.82. The molecule has 1 aliphatic carbocycles. The highest BCUT2D eigenvalue weighted by atomic mass is 32.1. The summed E-state index contributed by atoms with van der Waals surface area (Å²) >= 11 is 1.70. The van der Waals surface area contributed by atoms with Crippen LogP contribution >= 0.6 is 11.3 Å². The van der Waals surface area contributed by atoms with E-state index >= 15 is 0 Å². The van der Waals surface area contributed by atoms with Crippen molar-refractivity contribution in [3.63, 3.8) is 0 Å². The maximum Gasteiger partial charge on any atom is 0.169 e. The number of rotatable bonds is 1. The molecule has 0 saturated carbocycles. The van der Waals surface area contributed by atoms with Crippen LogP contribution in [-0.2, 0) is 12.8 Å². The maximum absolute atomic E-state index is 4.66. The van der Waals surface area contributed by atoms with E-state index in [1.807, 2.05) is 12.3 Å². The van der Waals surface area contributed by atoms with Crippen molar-refractivity contribution < 1.29 is 0 Å². The summed E-state index contributed by atoms with van der Waals surface area (Å²) < 4.78 is 0. The fourth-order valence-electron chi connectivity index (χ4n) is 2.00. The number of hydrogen-bond donors (Lipinski definition) is 0. The maximum atomic E-state index is 4.66. The molecular weight excluding hydrogens is 204 g/mol. The van der Waals surface area contributed by atoms with Gasteiger partial charge in [-0.15, -0.1) is 11.3 Å². The fourth-order valence-corrected chi connectivity index (χ4v) is 2.66. The average molecular weight is 216 g/mol. The van der Waals surface area contributed by atoms with Gasteiger partial charge in [-0.1, -0.05) is 6.07 Å². The van der Waals surface area contributed by atoms with Crippen molar-refractivity contribution in [3.05, 3.63) is 35.0 Å². The van der Waals surface area contributed by atoms with E-state index in [0.717, 1.165) is 18.7 Å². The van der Waals surface area contributed by atoms with Crippen LogP contribution in [0.2, 0.25) is 0 Å². The summed E-state index contributed by atoms with van der Waals surface area (Å²) in [6.45, 7) is 0. The highest BCUT2D eigenvalue weighted by molar-refractivity contribution is 7.13. The smallest absolute Gasteiger partial charge is 0.169 e. The second-order valence-electron chi connectivity index (χ2n) is 3.85. The first kappa shape index (κ1) is 9.04. The predicted octanol–water partition coefficient (Wildman–Crippen LogP) is 3.08. The van der Waals surface area contributed by atoms with E-state index < -0.39 is 0 Å². The van der Waals surface area contributed by atoms with Gasteiger partial charge in [0.25, 0.3) is 0 Å². The minimum atomic E-state index is 0.894. The van der Waals surface area contributed by atoms with Gasteiger partial charge in [0.1, 0.15) is 0 Å². The van der Waals surface area contributed by atoms with Gasteiger partial charge in [0.15, 0.2) is 5.82 Å². The standard InChI is InChI=1S/C12H12N2S/c1-2-5-10-9(4-1)8-13-12(14-10)11-6-3-7-15-11/h3,6-8H,1-2,4-5H2. The Hall–Kier alpha value is -1.22. The molecular formula is C12H12N2S. The Morgan fingerprint density at radius 1 is 1.20 bits per heavy atom. The number of aromatic nitrogens is 2. The van der Waals surface area contributed by atoms with Crippen LogP contribution in [0.3, 0.4) is 0 Å².